The number of thioether (sulfide) groups is 1. The normalized spacial score (nSPS) is 12.3. The molecule has 0 aliphatic rings. The zero-order valence-electron chi connectivity index (χ0n) is 11.0. The summed E-state index contributed by atoms with van der Waals surface area (Å²) < 4.78 is 0. The number of hydrogen-bond donors (Lipinski definition) is 2. The van der Waals surface area contributed by atoms with Crippen LogP contribution >= 0.6 is 11.8 Å². The van der Waals surface area contributed by atoms with Crippen LogP contribution < -0.4 is 5.73 Å². The summed E-state index contributed by atoms with van der Waals surface area (Å²) in [5, 5.41) is 10.1. The Balaban J connectivity index is 1.88. The van der Waals surface area contributed by atoms with Crippen molar-refractivity contribution in [2.75, 3.05) is 11.5 Å². The van der Waals surface area contributed by atoms with Crippen molar-refractivity contribution in [1.29, 1.82) is 0 Å². The predicted molar refractivity (Wildman–Crippen MR) is 83.2 cm³/mol. The lowest BCUT2D eigenvalue weighted by molar-refractivity contribution is 0.204. The first-order chi connectivity index (χ1) is 9.16. The molecule has 0 amide bonds. The predicted octanol–water partition coefficient (Wildman–Crippen LogP) is 3.54. The van der Waals surface area contributed by atoms with Crippen LogP contribution in [0.3, 0.4) is 0 Å². The van der Waals surface area contributed by atoms with Gasteiger partial charge in [-0.1, -0.05) is 36.4 Å². The highest BCUT2D eigenvalue weighted by Gasteiger charge is 2.08. The molecule has 2 aromatic rings. The molecule has 0 radical (unpaired) electrons. The van der Waals surface area contributed by atoms with Crippen LogP contribution in [0, 0.1) is 6.92 Å². The Morgan fingerprint density at radius 3 is 2.68 bits per heavy atom. The van der Waals surface area contributed by atoms with Crippen molar-refractivity contribution in [1.82, 2.24) is 0 Å². The fourth-order valence-corrected chi connectivity index (χ4v) is 2.99. The Morgan fingerprint density at radius 2 is 1.95 bits per heavy atom. The van der Waals surface area contributed by atoms with E-state index in [0.29, 0.717) is 11.4 Å². The molecule has 0 saturated heterocycles. The first kappa shape index (κ1) is 14.0. The maximum Gasteiger partial charge on any atom is 0.0881 e. The Kier molecular flexibility index (Phi) is 4.88. The number of nitrogens with two attached hydrogens (primary N) is 1. The van der Waals surface area contributed by atoms with Gasteiger partial charge in [0.05, 0.1) is 6.10 Å². The van der Waals surface area contributed by atoms with Gasteiger partial charge in [-0.05, 0) is 35.7 Å². The third-order valence-corrected chi connectivity index (χ3v) is 4.16. The molecular formula is C16H19NOS. The monoisotopic (exact) mass is 273 g/mol. The molecular weight excluding hydrogens is 254 g/mol. The Bertz CT molecular complexity index is 542. The lowest BCUT2D eigenvalue weighted by atomic mass is 10.1. The van der Waals surface area contributed by atoms with E-state index in [2.05, 4.69) is 25.1 Å². The summed E-state index contributed by atoms with van der Waals surface area (Å²) in [6, 6.07) is 15.8. The minimum Gasteiger partial charge on any atom is -0.399 e. The number of aryl methyl sites for hydroxylation is 1. The van der Waals surface area contributed by atoms with Crippen LogP contribution in [0.25, 0.3) is 0 Å². The van der Waals surface area contributed by atoms with Crippen molar-refractivity contribution >= 4 is 17.4 Å². The van der Waals surface area contributed by atoms with Crippen LogP contribution in [-0.4, -0.2) is 10.9 Å². The molecule has 2 nitrogen and oxygen atoms in total. The zero-order valence-corrected chi connectivity index (χ0v) is 11.9. The molecule has 100 valence electrons. The van der Waals surface area contributed by atoms with Gasteiger partial charge in [-0.15, -0.1) is 0 Å². The van der Waals surface area contributed by atoms with Crippen LogP contribution in [0.5, 0.6) is 0 Å². The van der Waals surface area contributed by atoms with E-state index >= 15 is 0 Å². The topological polar surface area (TPSA) is 46.2 Å². The molecule has 0 saturated carbocycles. The molecule has 0 bridgehead atoms. The van der Waals surface area contributed by atoms with Crippen LogP contribution in [0.1, 0.15) is 22.8 Å². The summed E-state index contributed by atoms with van der Waals surface area (Å²) in [5.74, 6) is 1.60. The quantitative estimate of drug-likeness (QED) is 0.819. The highest BCUT2D eigenvalue weighted by molar-refractivity contribution is 7.98. The van der Waals surface area contributed by atoms with E-state index in [1.807, 2.05) is 30.3 Å². The average molecular weight is 273 g/mol. The van der Waals surface area contributed by atoms with Gasteiger partial charge in [0, 0.05) is 17.2 Å². The Hall–Kier alpha value is -1.45. The van der Waals surface area contributed by atoms with Crippen molar-refractivity contribution in [2.24, 2.45) is 0 Å². The minimum atomic E-state index is -0.461. The number of hydrogen-bond acceptors (Lipinski definition) is 3. The number of aliphatic hydroxyl groups is 1. The van der Waals surface area contributed by atoms with E-state index in [1.54, 1.807) is 11.8 Å². The summed E-state index contributed by atoms with van der Waals surface area (Å²) in [6.07, 6.45) is -0.461. The van der Waals surface area contributed by atoms with Crippen molar-refractivity contribution in [3.05, 3.63) is 65.2 Å². The van der Waals surface area contributed by atoms with Gasteiger partial charge < -0.3 is 10.8 Å². The molecule has 1 unspecified atom stereocenters. The summed E-state index contributed by atoms with van der Waals surface area (Å²) in [6.45, 7) is 2.12. The first-order valence-electron chi connectivity index (χ1n) is 6.32. The van der Waals surface area contributed by atoms with Gasteiger partial charge in [0.25, 0.3) is 0 Å². The van der Waals surface area contributed by atoms with Gasteiger partial charge in [0.2, 0.25) is 0 Å². The van der Waals surface area contributed by atoms with Crippen LogP contribution in [0.15, 0.2) is 48.5 Å². The van der Waals surface area contributed by atoms with Gasteiger partial charge in [-0.25, -0.2) is 0 Å². The highest BCUT2D eigenvalue weighted by atomic mass is 32.2. The molecule has 0 fully saturated rings. The van der Waals surface area contributed by atoms with Crippen LogP contribution in [0.4, 0.5) is 5.69 Å². The summed E-state index contributed by atoms with van der Waals surface area (Å²) in [4.78, 5) is 0. The molecule has 0 aromatic heterocycles. The van der Waals surface area contributed by atoms with Crippen molar-refractivity contribution in [3.63, 3.8) is 0 Å². The van der Waals surface area contributed by atoms with Gasteiger partial charge in [0.15, 0.2) is 0 Å². The van der Waals surface area contributed by atoms with E-state index < -0.39 is 6.10 Å². The minimum absolute atomic E-state index is 0.461. The van der Waals surface area contributed by atoms with Crippen LogP contribution in [-0.2, 0) is 5.75 Å². The number of rotatable bonds is 5. The first-order valence-corrected chi connectivity index (χ1v) is 7.48. The van der Waals surface area contributed by atoms with Gasteiger partial charge in [0.1, 0.15) is 0 Å². The standard InChI is InChI=1S/C16H19NOS/c1-12-5-2-3-6-14(12)10-19-11-16(18)13-7-4-8-15(17)9-13/h2-9,16,18H,10-11,17H2,1H3. The Morgan fingerprint density at radius 1 is 1.16 bits per heavy atom. The second-order valence-electron chi connectivity index (χ2n) is 4.63. The molecule has 2 aromatic carbocycles. The molecule has 0 aliphatic carbocycles. The van der Waals surface area contributed by atoms with Crippen LogP contribution in [0.2, 0.25) is 0 Å². The average Bonchev–Trinajstić information content (AvgIpc) is 2.41. The molecule has 19 heavy (non-hydrogen) atoms. The number of aliphatic hydroxyl groups excluding tert-OH is 1. The second-order valence-corrected chi connectivity index (χ2v) is 5.66. The number of anilines is 1. The fourth-order valence-electron chi connectivity index (χ4n) is 1.92. The number of nitrogen functional groups attached to an aromatic ring is 1. The summed E-state index contributed by atoms with van der Waals surface area (Å²) >= 11 is 1.74. The molecule has 3 heteroatoms. The van der Waals surface area contributed by atoms with E-state index in [-0.39, 0.29) is 0 Å². The zero-order chi connectivity index (χ0) is 13.7. The largest absolute Gasteiger partial charge is 0.399 e. The van der Waals surface area contributed by atoms with E-state index in [0.717, 1.165) is 11.3 Å². The van der Waals surface area contributed by atoms with Crippen molar-refractivity contribution < 1.29 is 5.11 Å². The molecule has 0 aliphatic heterocycles. The SMILES string of the molecule is Cc1ccccc1CSCC(O)c1cccc(N)c1. The van der Waals surface area contributed by atoms with E-state index in [4.69, 9.17) is 5.73 Å². The smallest absolute Gasteiger partial charge is 0.0881 e. The van der Waals surface area contributed by atoms with Crippen molar-refractivity contribution in [2.45, 2.75) is 18.8 Å². The van der Waals surface area contributed by atoms with Gasteiger partial charge in [-0.3, -0.25) is 0 Å². The van der Waals surface area contributed by atoms with Gasteiger partial charge >= 0.3 is 0 Å². The third-order valence-electron chi connectivity index (χ3n) is 3.09. The molecule has 0 heterocycles. The lowest BCUT2D eigenvalue weighted by Crippen LogP contribution is -2.02. The molecule has 3 N–H and O–H groups in total. The fraction of sp³-hybridized carbons (Fsp3) is 0.250. The molecule has 0 spiro atoms. The van der Waals surface area contributed by atoms with Gasteiger partial charge in [-0.2, -0.15) is 11.8 Å². The molecule has 1 atom stereocenters. The maximum absolute atomic E-state index is 10.1. The van der Waals surface area contributed by atoms with E-state index in [1.165, 1.54) is 11.1 Å². The van der Waals surface area contributed by atoms with Crippen molar-refractivity contribution in [3.8, 4) is 0 Å². The highest BCUT2D eigenvalue weighted by Crippen LogP contribution is 2.23. The maximum atomic E-state index is 10.1. The lowest BCUT2D eigenvalue weighted by Gasteiger charge is -2.12. The summed E-state index contributed by atoms with van der Waals surface area (Å²) in [5.41, 5.74) is 9.92. The number of benzene rings is 2. The third kappa shape index (κ3) is 4.01. The molecule has 2 rings (SSSR count). The van der Waals surface area contributed by atoms with E-state index in [9.17, 15) is 5.11 Å². The second kappa shape index (κ2) is 6.64. The summed E-state index contributed by atoms with van der Waals surface area (Å²) in [7, 11) is 0. The Labute approximate surface area is 118 Å².